The first-order valence-electron chi connectivity index (χ1n) is 8.54. The number of H-pyrrole nitrogens is 1. The zero-order valence-corrected chi connectivity index (χ0v) is 13.5. The molecule has 126 valence electrons. The Morgan fingerprint density at radius 1 is 1.25 bits per heavy atom. The number of fused-ring (bicyclic) bond motifs is 3. The second kappa shape index (κ2) is 6.33. The van der Waals surface area contributed by atoms with Gasteiger partial charge >= 0.3 is 0 Å². The van der Waals surface area contributed by atoms with E-state index in [9.17, 15) is 4.79 Å². The SMILES string of the molecule is NCCNC1CCC(n2c(=O)cnc3cnc4[nH]ccc4c32)CC1. The van der Waals surface area contributed by atoms with Crippen LogP contribution in [0.1, 0.15) is 31.7 Å². The van der Waals surface area contributed by atoms with Crippen molar-refractivity contribution in [2.45, 2.75) is 37.8 Å². The van der Waals surface area contributed by atoms with E-state index in [4.69, 9.17) is 5.73 Å². The highest BCUT2D eigenvalue weighted by atomic mass is 16.1. The van der Waals surface area contributed by atoms with Crippen molar-refractivity contribution < 1.29 is 0 Å². The molecule has 0 amide bonds. The van der Waals surface area contributed by atoms with Gasteiger partial charge in [-0.25, -0.2) is 9.97 Å². The molecular formula is C17H22N6O. The van der Waals surface area contributed by atoms with Gasteiger partial charge in [0.1, 0.15) is 11.2 Å². The van der Waals surface area contributed by atoms with Crippen molar-refractivity contribution in [2.75, 3.05) is 13.1 Å². The fourth-order valence-corrected chi connectivity index (χ4v) is 3.82. The van der Waals surface area contributed by atoms with E-state index in [1.165, 1.54) is 6.20 Å². The van der Waals surface area contributed by atoms with Crippen LogP contribution in [0.3, 0.4) is 0 Å². The van der Waals surface area contributed by atoms with Gasteiger partial charge in [-0.2, -0.15) is 0 Å². The van der Waals surface area contributed by atoms with Crippen molar-refractivity contribution >= 4 is 22.1 Å². The van der Waals surface area contributed by atoms with Gasteiger partial charge in [0, 0.05) is 36.8 Å². The lowest BCUT2D eigenvalue weighted by molar-refractivity contribution is 0.293. The molecule has 7 heteroatoms. The van der Waals surface area contributed by atoms with Crippen LogP contribution < -0.4 is 16.6 Å². The van der Waals surface area contributed by atoms with Crippen molar-refractivity contribution in [3.8, 4) is 0 Å². The molecule has 4 N–H and O–H groups in total. The number of nitrogens with zero attached hydrogens (tertiary/aromatic N) is 3. The van der Waals surface area contributed by atoms with E-state index in [1.807, 2.05) is 16.8 Å². The Bertz CT molecular complexity index is 906. The van der Waals surface area contributed by atoms with Gasteiger partial charge in [0.25, 0.3) is 5.56 Å². The third-order valence-corrected chi connectivity index (χ3v) is 4.97. The second-order valence-corrected chi connectivity index (χ2v) is 6.45. The van der Waals surface area contributed by atoms with Crippen LogP contribution in [-0.4, -0.2) is 38.7 Å². The molecule has 0 bridgehead atoms. The molecule has 3 heterocycles. The topological polar surface area (TPSA) is 102 Å². The van der Waals surface area contributed by atoms with E-state index in [0.717, 1.165) is 54.3 Å². The van der Waals surface area contributed by atoms with Crippen molar-refractivity contribution in [1.29, 1.82) is 0 Å². The van der Waals surface area contributed by atoms with Crippen molar-refractivity contribution in [3.05, 3.63) is 35.0 Å². The van der Waals surface area contributed by atoms with Crippen LogP contribution >= 0.6 is 0 Å². The highest BCUT2D eigenvalue weighted by molar-refractivity contribution is 6.00. The molecule has 24 heavy (non-hydrogen) atoms. The average Bonchev–Trinajstić information content (AvgIpc) is 3.09. The molecule has 0 aliphatic heterocycles. The summed E-state index contributed by atoms with van der Waals surface area (Å²) in [6.45, 7) is 1.51. The molecule has 0 unspecified atom stereocenters. The van der Waals surface area contributed by atoms with Crippen molar-refractivity contribution in [3.63, 3.8) is 0 Å². The van der Waals surface area contributed by atoms with Crippen LogP contribution in [0, 0.1) is 0 Å². The van der Waals surface area contributed by atoms with E-state index in [-0.39, 0.29) is 11.6 Å². The normalized spacial score (nSPS) is 21.5. The third-order valence-electron chi connectivity index (χ3n) is 4.97. The van der Waals surface area contributed by atoms with E-state index >= 15 is 0 Å². The summed E-state index contributed by atoms with van der Waals surface area (Å²) in [5, 5.41) is 4.44. The number of nitrogens with two attached hydrogens (primary N) is 1. The van der Waals surface area contributed by atoms with Crippen LogP contribution in [-0.2, 0) is 0 Å². The van der Waals surface area contributed by atoms with Gasteiger partial charge in [0.05, 0.1) is 17.9 Å². The molecule has 1 saturated carbocycles. The number of rotatable bonds is 4. The maximum Gasteiger partial charge on any atom is 0.269 e. The lowest BCUT2D eigenvalue weighted by Gasteiger charge is -2.31. The monoisotopic (exact) mass is 326 g/mol. The summed E-state index contributed by atoms with van der Waals surface area (Å²) >= 11 is 0. The summed E-state index contributed by atoms with van der Waals surface area (Å²) in [4.78, 5) is 24.4. The molecule has 7 nitrogen and oxygen atoms in total. The first-order valence-corrected chi connectivity index (χ1v) is 8.54. The highest BCUT2D eigenvalue weighted by Crippen LogP contribution is 2.31. The predicted octanol–water partition coefficient (Wildman–Crippen LogP) is 1.30. The second-order valence-electron chi connectivity index (χ2n) is 6.45. The van der Waals surface area contributed by atoms with Crippen LogP contribution in [0.5, 0.6) is 0 Å². The van der Waals surface area contributed by atoms with E-state index in [1.54, 1.807) is 6.20 Å². The maximum absolute atomic E-state index is 12.6. The molecule has 0 saturated heterocycles. The summed E-state index contributed by atoms with van der Waals surface area (Å²) in [5.74, 6) is 0. The molecule has 3 aromatic heterocycles. The van der Waals surface area contributed by atoms with Gasteiger partial charge in [0.2, 0.25) is 0 Å². The summed E-state index contributed by atoms with van der Waals surface area (Å²) in [7, 11) is 0. The molecule has 1 aliphatic rings. The minimum absolute atomic E-state index is 0.0328. The number of aromatic amines is 1. The smallest absolute Gasteiger partial charge is 0.269 e. The molecular weight excluding hydrogens is 304 g/mol. The van der Waals surface area contributed by atoms with Crippen LogP contribution in [0.15, 0.2) is 29.5 Å². The molecule has 3 aromatic rings. The van der Waals surface area contributed by atoms with Gasteiger partial charge in [-0.05, 0) is 31.7 Å². The Labute approximate surface area is 139 Å². The number of hydrogen-bond acceptors (Lipinski definition) is 5. The van der Waals surface area contributed by atoms with Gasteiger partial charge in [0.15, 0.2) is 0 Å². The van der Waals surface area contributed by atoms with E-state index in [0.29, 0.717) is 12.6 Å². The van der Waals surface area contributed by atoms with Crippen LogP contribution in [0.4, 0.5) is 0 Å². The average molecular weight is 326 g/mol. The van der Waals surface area contributed by atoms with E-state index < -0.39 is 0 Å². The fraction of sp³-hybridized carbons (Fsp3) is 0.471. The van der Waals surface area contributed by atoms with Gasteiger partial charge in [-0.15, -0.1) is 0 Å². The zero-order valence-electron chi connectivity index (χ0n) is 13.5. The van der Waals surface area contributed by atoms with Crippen molar-refractivity contribution in [2.24, 2.45) is 5.73 Å². The third kappa shape index (κ3) is 2.59. The van der Waals surface area contributed by atoms with E-state index in [2.05, 4.69) is 20.3 Å². The minimum atomic E-state index is -0.0328. The Hall–Kier alpha value is -2.25. The van der Waals surface area contributed by atoms with Crippen molar-refractivity contribution in [1.82, 2.24) is 24.8 Å². The van der Waals surface area contributed by atoms with Gasteiger partial charge in [-0.3, -0.25) is 4.79 Å². The molecule has 0 aromatic carbocycles. The molecule has 0 spiro atoms. The minimum Gasteiger partial charge on any atom is -0.346 e. The zero-order chi connectivity index (χ0) is 16.5. The lowest BCUT2D eigenvalue weighted by Crippen LogP contribution is -2.38. The number of pyridine rings is 1. The Morgan fingerprint density at radius 3 is 2.88 bits per heavy atom. The first-order chi connectivity index (χ1) is 11.8. The molecule has 1 fully saturated rings. The molecule has 4 rings (SSSR count). The predicted molar refractivity (Wildman–Crippen MR) is 94.0 cm³/mol. The van der Waals surface area contributed by atoms with Gasteiger partial charge in [-0.1, -0.05) is 0 Å². The fourth-order valence-electron chi connectivity index (χ4n) is 3.82. The first kappa shape index (κ1) is 15.3. The number of aromatic nitrogens is 4. The Kier molecular flexibility index (Phi) is 4.03. The maximum atomic E-state index is 12.6. The Morgan fingerprint density at radius 2 is 2.08 bits per heavy atom. The molecule has 1 aliphatic carbocycles. The number of nitrogens with one attached hydrogen (secondary N) is 2. The standard InChI is InChI=1S/C17H22N6O/c18-6-8-19-11-1-3-12(4-2-11)23-15(24)10-21-14-9-22-17-13(16(14)23)5-7-20-17/h5,7,9-12,19H,1-4,6,8,18H2,(H,20,22). The molecule has 0 radical (unpaired) electrons. The van der Waals surface area contributed by atoms with Crippen LogP contribution in [0.2, 0.25) is 0 Å². The quantitative estimate of drug-likeness (QED) is 0.671. The highest BCUT2D eigenvalue weighted by Gasteiger charge is 2.24. The van der Waals surface area contributed by atoms with Gasteiger partial charge < -0.3 is 20.6 Å². The Balaban J connectivity index is 1.73. The summed E-state index contributed by atoms with van der Waals surface area (Å²) in [6, 6.07) is 2.68. The molecule has 0 atom stereocenters. The number of hydrogen-bond donors (Lipinski definition) is 3. The lowest BCUT2D eigenvalue weighted by atomic mass is 9.90. The van der Waals surface area contributed by atoms with Crippen LogP contribution in [0.25, 0.3) is 22.1 Å². The largest absolute Gasteiger partial charge is 0.346 e. The summed E-state index contributed by atoms with van der Waals surface area (Å²) < 4.78 is 1.93. The summed E-state index contributed by atoms with van der Waals surface area (Å²) in [5.41, 5.74) is 7.99. The summed E-state index contributed by atoms with van der Waals surface area (Å²) in [6.07, 6.45) is 9.09.